The third-order valence-electron chi connectivity index (χ3n) is 5.96. The van der Waals surface area contributed by atoms with E-state index in [2.05, 4.69) is 10.2 Å². The molecule has 0 spiro atoms. The van der Waals surface area contributed by atoms with Gasteiger partial charge >= 0.3 is 18.5 Å². The molecule has 1 aromatic heterocycles. The van der Waals surface area contributed by atoms with Gasteiger partial charge in [-0.05, 0) is 59.7 Å². The summed E-state index contributed by atoms with van der Waals surface area (Å²) in [6.45, 7) is -0.133. The first-order chi connectivity index (χ1) is 19.1. The van der Waals surface area contributed by atoms with Gasteiger partial charge in [0, 0.05) is 12.0 Å². The highest BCUT2D eigenvalue weighted by Crippen LogP contribution is 2.47. The van der Waals surface area contributed by atoms with E-state index in [0.717, 1.165) is 17.7 Å². The first-order valence-electron chi connectivity index (χ1n) is 11.6. The number of phenols is 1. The van der Waals surface area contributed by atoms with E-state index in [4.69, 9.17) is 9.47 Å². The molecule has 0 unspecified atom stereocenters. The molecule has 1 heterocycles. The van der Waals surface area contributed by atoms with E-state index < -0.39 is 52.2 Å². The lowest BCUT2D eigenvalue weighted by molar-refractivity contribution is -0.143. The standard InChI is InChI=1S/C27H19F9N2O3/c1-40-18-4-2-3-14(9-18)7-8-41-21-6-5-19(20-13-22(38-37-20)27(34,35)36)24(39)23(21)15-10-16(25(28,29)30)12-17(11-15)26(31,32)33/h2-6,9-13,39H,7-8H2,1H3,(H,37,38). The fraction of sp³-hybridized carbons (Fsp3) is 0.222. The summed E-state index contributed by atoms with van der Waals surface area (Å²) in [5, 5.41) is 16.3. The second-order valence-corrected chi connectivity index (χ2v) is 8.74. The van der Waals surface area contributed by atoms with Crippen LogP contribution in [0.4, 0.5) is 39.5 Å². The molecule has 0 fully saturated rings. The molecule has 41 heavy (non-hydrogen) atoms. The summed E-state index contributed by atoms with van der Waals surface area (Å²) in [5.41, 5.74) is -6.01. The monoisotopic (exact) mass is 590 g/mol. The third kappa shape index (κ3) is 6.69. The third-order valence-corrected chi connectivity index (χ3v) is 5.96. The van der Waals surface area contributed by atoms with E-state index in [1.165, 1.54) is 7.11 Å². The number of phenolic OH excluding ortho intramolecular Hbond substituents is 1. The first-order valence-corrected chi connectivity index (χ1v) is 11.6. The summed E-state index contributed by atoms with van der Waals surface area (Å²) in [7, 11) is 1.45. The van der Waals surface area contributed by atoms with Crippen molar-refractivity contribution in [3.63, 3.8) is 0 Å². The second-order valence-electron chi connectivity index (χ2n) is 8.74. The fourth-order valence-electron chi connectivity index (χ4n) is 4.00. The van der Waals surface area contributed by atoms with Gasteiger partial charge in [-0.3, -0.25) is 5.10 Å². The number of rotatable bonds is 7. The number of benzene rings is 3. The zero-order valence-electron chi connectivity index (χ0n) is 20.8. The number of aromatic nitrogens is 2. The number of hydrogen-bond donors (Lipinski definition) is 2. The van der Waals surface area contributed by atoms with E-state index in [1.54, 1.807) is 24.3 Å². The van der Waals surface area contributed by atoms with Gasteiger partial charge in [0.05, 0.1) is 36.1 Å². The maximum absolute atomic E-state index is 13.6. The molecule has 14 heteroatoms. The van der Waals surface area contributed by atoms with E-state index in [1.807, 2.05) is 0 Å². The summed E-state index contributed by atoms with van der Waals surface area (Å²) in [6.07, 6.45) is -15.0. The van der Waals surface area contributed by atoms with Gasteiger partial charge in [-0.25, -0.2) is 0 Å². The molecule has 0 saturated heterocycles. The summed E-state index contributed by atoms with van der Waals surface area (Å²) >= 11 is 0. The zero-order valence-corrected chi connectivity index (χ0v) is 20.8. The number of hydrogen-bond acceptors (Lipinski definition) is 4. The molecule has 0 saturated carbocycles. The van der Waals surface area contributed by atoms with Gasteiger partial charge < -0.3 is 14.6 Å². The average molecular weight is 590 g/mol. The number of H-pyrrole nitrogens is 1. The van der Waals surface area contributed by atoms with Crippen LogP contribution in [0.15, 0.2) is 60.7 Å². The summed E-state index contributed by atoms with van der Waals surface area (Å²) in [6, 6.07) is 10.2. The molecule has 0 aliphatic heterocycles. The summed E-state index contributed by atoms with van der Waals surface area (Å²) < 4.78 is 131. The predicted octanol–water partition coefficient (Wildman–Crippen LogP) is 8.14. The Morgan fingerprint density at radius 1 is 0.805 bits per heavy atom. The van der Waals surface area contributed by atoms with Gasteiger partial charge in [0.1, 0.15) is 17.2 Å². The van der Waals surface area contributed by atoms with E-state index in [-0.39, 0.29) is 36.1 Å². The van der Waals surface area contributed by atoms with Gasteiger partial charge in [-0.1, -0.05) is 12.1 Å². The molecule has 0 aliphatic carbocycles. The van der Waals surface area contributed by atoms with Crippen LogP contribution >= 0.6 is 0 Å². The number of methoxy groups -OCH3 is 1. The van der Waals surface area contributed by atoms with Gasteiger partial charge in [-0.15, -0.1) is 0 Å². The SMILES string of the molecule is COc1cccc(CCOc2ccc(-c3cc(C(F)(F)F)n[nH]3)c(O)c2-c2cc(C(F)(F)F)cc(C(F)(F)F)c2)c1. The highest BCUT2D eigenvalue weighted by molar-refractivity contribution is 5.85. The number of nitrogens with one attached hydrogen (secondary N) is 1. The van der Waals surface area contributed by atoms with Crippen LogP contribution in [0.3, 0.4) is 0 Å². The second kappa shape index (κ2) is 10.9. The highest BCUT2D eigenvalue weighted by Gasteiger charge is 2.38. The van der Waals surface area contributed by atoms with Crippen LogP contribution < -0.4 is 9.47 Å². The summed E-state index contributed by atoms with van der Waals surface area (Å²) in [5.74, 6) is -0.697. The van der Waals surface area contributed by atoms with Crippen molar-refractivity contribution in [1.29, 1.82) is 0 Å². The Hall–Kier alpha value is -4.36. The molecule has 4 rings (SSSR count). The minimum atomic E-state index is -5.19. The number of ether oxygens (including phenoxy) is 2. The topological polar surface area (TPSA) is 67.4 Å². The lowest BCUT2D eigenvalue weighted by atomic mass is 9.95. The van der Waals surface area contributed by atoms with Gasteiger partial charge in [-0.2, -0.15) is 44.6 Å². The van der Waals surface area contributed by atoms with Crippen LogP contribution in [-0.2, 0) is 24.9 Å². The van der Waals surface area contributed by atoms with Crippen molar-refractivity contribution in [1.82, 2.24) is 10.2 Å². The number of aromatic hydroxyl groups is 1. The Balaban J connectivity index is 1.84. The summed E-state index contributed by atoms with van der Waals surface area (Å²) in [4.78, 5) is 0. The smallest absolute Gasteiger partial charge is 0.435 e. The number of aromatic amines is 1. The maximum atomic E-state index is 13.6. The largest absolute Gasteiger partial charge is 0.506 e. The van der Waals surface area contributed by atoms with E-state index in [0.29, 0.717) is 23.9 Å². The van der Waals surface area contributed by atoms with Crippen LogP contribution in [-0.4, -0.2) is 29.0 Å². The van der Waals surface area contributed by atoms with E-state index >= 15 is 0 Å². The van der Waals surface area contributed by atoms with Crippen LogP contribution in [0.5, 0.6) is 17.2 Å². The molecule has 2 N–H and O–H groups in total. The molecule has 0 aliphatic rings. The molecule has 0 radical (unpaired) electrons. The minimum Gasteiger partial charge on any atom is -0.506 e. The fourth-order valence-corrected chi connectivity index (χ4v) is 4.00. The van der Waals surface area contributed by atoms with E-state index in [9.17, 15) is 44.6 Å². The molecule has 4 aromatic rings. The predicted molar refractivity (Wildman–Crippen MR) is 128 cm³/mol. The van der Waals surface area contributed by atoms with Gasteiger partial charge in [0.25, 0.3) is 0 Å². The Bertz CT molecular complexity index is 1510. The molecular formula is C27H19F9N2O3. The lowest BCUT2D eigenvalue weighted by Crippen LogP contribution is -2.11. The lowest BCUT2D eigenvalue weighted by Gasteiger charge is -2.19. The average Bonchev–Trinajstić information content (AvgIpc) is 3.38. The Morgan fingerprint density at radius 2 is 1.46 bits per heavy atom. The molecule has 5 nitrogen and oxygen atoms in total. The van der Waals surface area contributed by atoms with Crippen molar-refractivity contribution in [2.75, 3.05) is 13.7 Å². The van der Waals surface area contributed by atoms with Crippen LogP contribution in [0.2, 0.25) is 0 Å². The first kappa shape index (κ1) is 29.6. The Kier molecular flexibility index (Phi) is 7.87. The van der Waals surface area contributed by atoms with Gasteiger partial charge in [0.15, 0.2) is 5.69 Å². The Morgan fingerprint density at radius 3 is 2.02 bits per heavy atom. The van der Waals surface area contributed by atoms with Crippen LogP contribution in [0.1, 0.15) is 22.4 Å². The molecule has 3 aromatic carbocycles. The van der Waals surface area contributed by atoms with Crippen molar-refractivity contribution in [3.8, 4) is 39.6 Å². The normalized spacial score (nSPS) is 12.4. The highest BCUT2D eigenvalue weighted by atomic mass is 19.4. The minimum absolute atomic E-state index is 0.0851. The van der Waals surface area contributed by atoms with Crippen molar-refractivity contribution in [2.24, 2.45) is 0 Å². The molecule has 0 bridgehead atoms. The molecule has 0 amide bonds. The van der Waals surface area contributed by atoms with Gasteiger partial charge in [0.2, 0.25) is 0 Å². The quantitative estimate of drug-likeness (QED) is 0.213. The Labute approximate surface area is 226 Å². The maximum Gasteiger partial charge on any atom is 0.435 e. The van der Waals surface area contributed by atoms with Crippen molar-refractivity contribution < 1.29 is 54.1 Å². The number of alkyl halides is 9. The van der Waals surface area contributed by atoms with Crippen molar-refractivity contribution >= 4 is 0 Å². The zero-order chi connectivity index (χ0) is 30.2. The van der Waals surface area contributed by atoms with Crippen LogP contribution in [0, 0.1) is 0 Å². The molecule has 218 valence electrons. The van der Waals surface area contributed by atoms with Crippen molar-refractivity contribution in [2.45, 2.75) is 24.9 Å². The van der Waals surface area contributed by atoms with Crippen LogP contribution in [0.25, 0.3) is 22.4 Å². The molecule has 0 atom stereocenters. The number of nitrogens with zero attached hydrogens (tertiary/aromatic N) is 1. The van der Waals surface area contributed by atoms with Crippen molar-refractivity contribution in [3.05, 3.63) is 83.0 Å². The number of halogens is 9. The molecular weight excluding hydrogens is 571 g/mol.